The molecule has 0 aliphatic carbocycles. The third-order valence-electron chi connectivity index (χ3n) is 11.4. The van der Waals surface area contributed by atoms with E-state index in [2.05, 4.69) is 43.3 Å². The average Bonchev–Trinajstić information content (AvgIpc) is 3.78. The maximum absolute atomic E-state index is 13.8. The maximum Gasteiger partial charge on any atom is 0.231 e. The van der Waals surface area contributed by atoms with E-state index in [9.17, 15) is 4.39 Å². The van der Waals surface area contributed by atoms with Gasteiger partial charge in [0.25, 0.3) is 0 Å². The van der Waals surface area contributed by atoms with Gasteiger partial charge in [-0.3, -0.25) is 0 Å². The number of fused-ring (bicyclic) bond motifs is 2. The van der Waals surface area contributed by atoms with Gasteiger partial charge in [0.1, 0.15) is 36.0 Å². The van der Waals surface area contributed by atoms with Crippen molar-refractivity contribution in [1.82, 2.24) is 0 Å². The van der Waals surface area contributed by atoms with Crippen molar-refractivity contribution in [2.75, 3.05) is 13.4 Å². The van der Waals surface area contributed by atoms with Crippen molar-refractivity contribution in [3.8, 4) is 16.2 Å². The van der Waals surface area contributed by atoms with E-state index in [4.69, 9.17) is 33.2 Å². The van der Waals surface area contributed by atoms with Gasteiger partial charge in [0.05, 0.1) is 38.6 Å². The first-order valence-corrected chi connectivity index (χ1v) is 21.8. The van der Waals surface area contributed by atoms with Crippen molar-refractivity contribution in [2.24, 2.45) is 0 Å². The lowest BCUT2D eigenvalue weighted by Gasteiger charge is -2.53. The quantitative estimate of drug-likeness (QED) is 0.0960. The number of thiophene rings is 1. The summed E-state index contributed by atoms with van der Waals surface area (Å²) in [6.45, 7) is 3.48. The third-order valence-corrected chi connectivity index (χ3v) is 12.5. The lowest BCUT2D eigenvalue weighted by atomic mass is 9.84. The average molecular weight is 849 g/mol. The van der Waals surface area contributed by atoms with Crippen LogP contribution in [0.5, 0.6) is 5.75 Å². The lowest BCUT2D eigenvalue weighted by molar-refractivity contribution is -0.405. The smallest absolute Gasteiger partial charge is 0.231 e. The van der Waals surface area contributed by atoms with Crippen LogP contribution in [-0.4, -0.2) is 37.8 Å². The Labute approximate surface area is 366 Å². The summed E-state index contributed by atoms with van der Waals surface area (Å²) in [5.74, 6) is -1.09. The van der Waals surface area contributed by atoms with Crippen LogP contribution >= 0.6 is 11.3 Å². The molecule has 0 saturated carbocycles. The summed E-state index contributed by atoms with van der Waals surface area (Å²) in [7, 11) is 0. The number of hydrogen-bond donors (Lipinski definition) is 0. The van der Waals surface area contributed by atoms with Crippen LogP contribution in [0.3, 0.4) is 0 Å². The molecule has 5 atom stereocenters. The highest BCUT2D eigenvalue weighted by Gasteiger charge is 2.61. The van der Waals surface area contributed by atoms with Gasteiger partial charge in [-0.15, -0.1) is 11.3 Å². The van der Waals surface area contributed by atoms with Crippen LogP contribution in [-0.2, 0) is 67.1 Å². The fraction of sp³-hybridized carbons (Fsp3) is 0.245. The molecule has 3 heterocycles. The number of aryl methyl sites for hydroxylation is 1. The first-order chi connectivity index (χ1) is 30.5. The van der Waals surface area contributed by atoms with E-state index in [1.54, 1.807) is 11.3 Å². The van der Waals surface area contributed by atoms with E-state index in [0.29, 0.717) is 37.6 Å². The molecule has 0 bridgehead atoms. The molecule has 1 saturated heterocycles. The molecule has 2 aliphatic heterocycles. The fourth-order valence-electron chi connectivity index (χ4n) is 8.17. The van der Waals surface area contributed by atoms with Gasteiger partial charge >= 0.3 is 0 Å². The van der Waals surface area contributed by atoms with Crippen LogP contribution in [0.2, 0.25) is 0 Å². The topological polar surface area (TPSA) is 64.6 Å². The van der Waals surface area contributed by atoms with Crippen molar-refractivity contribution in [3.63, 3.8) is 0 Å². The molecule has 9 heteroatoms. The van der Waals surface area contributed by atoms with E-state index in [-0.39, 0.29) is 25.8 Å². The Morgan fingerprint density at radius 2 is 1.19 bits per heavy atom. The van der Waals surface area contributed by atoms with Gasteiger partial charge in [0, 0.05) is 16.2 Å². The summed E-state index contributed by atoms with van der Waals surface area (Å²) in [5, 5.41) is 0. The molecule has 2 aliphatic rings. The van der Waals surface area contributed by atoms with Crippen molar-refractivity contribution < 1.29 is 37.5 Å². The largest absolute Gasteiger partial charge is 0.467 e. The van der Waals surface area contributed by atoms with Crippen LogP contribution in [0.25, 0.3) is 10.4 Å². The molecule has 1 spiro atoms. The third kappa shape index (κ3) is 9.75. The van der Waals surface area contributed by atoms with Gasteiger partial charge in [0.2, 0.25) is 5.79 Å². The molecule has 9 rings (SSSR count). The summed E-state index contributed by atoms with van der Waals surface area (Å²) >= 11 is 1.69. The molecule has 316 valence electrons. The predicted octanol–water partition coefficient (Wildman–Crippen LogP) is 11.3. The van der Waals surface area contributed by atoms with E-state index in [0.717, 1.165) is 48.7 Å². The van der Waals surface area contributed by atoms with Gasteiger partial charge in [-0.1, -0.05) is 133 Å². The first kappa shape index (κ1) is 41.8. The normalized spacial score (nSPS) is 20.7. The Kier molecular flexibility index (Phi) is 13.3. The Bertz CT molecular complexity index is 2480. The molecule has 0 amide bonds. The van der Waals surface area contributed by atoms with E-state index >= 15 is 0 Å². The molecule has 0 unspecified atom stereocenters. The molecule has 6 aromatic carbocycles. The van der Waals surface area contributed by atoms with Gasteiger partial charge in [-0.05, 0) is 82.3 Å². The molecule has 62 heavy (non-hydrogen) atoms. The van der Waals surface area contributed by atoms with E-state index < -0.39 is 30.2 Å². The second-order valence-electron chi connectivity index (χ2n) is 15.7. The van der Waals surface area contributed by atoms with Crippen LogP contribution < -0.4 is 4.74 Å². The summed E-state index contributed by atoms with van der Waals surface area (Å²) in [4.78, 5) is 2.23. The van der Waals surface area contributed by atoms with E-state index in [1.807, 2.05) is 121 Å². The van der Waals surface area contributed by atoms with Gasteiger partial charge in [-0.25, -0.2) is 4.39 Å². The highest BCUT2D eigenvalue weighted by molar-refractivity contribution is 7.15. The molecular weight excluding hydrogens is 800 g/mol. The Balaban J connectivity index is 1.13. The molecule has 7 aromatic rings. The number of halogens is 1. The molecule has 1 aromatic heterocycles. The predicted molar refractivity (Wildman–Crippen MR) is 238 cm³/mol. The lowest BCUT2D eigenvalue weighted by Crippen LogP contribution is -2.67. The van der Waals surface area contributed by atoms with Gasteiger partial charge in [0.15, 0.2) is 6.79 Å². The Hall–Kier alpha value is -5.49. The summed E-state index contributed by atoms with van der Waals surface area (Å²) < 4.78 is 61.9. The van der Waals surface area contributed by atoms with Gasteiger partial charge in [-0.2, -0.15) is 0 Å². The van der Waals surface area contributed by atoms with E-state index in [1.165, 1.54) is 12.1 Å². The highest BCUT2D eigenvalue weighted by atomic mass is 32.1. The van der Waals surface area contributed by atoms with Crippen LogP contribution in [0.1, 0.15) is 43.8 Å². The standard InChI is InChI=1S/C53H49FO7S/c1-37-28-47-46(30-43(37)29-45-26-27-49(62-45)42-22-24-44(54)25-23-42)53(60-36-59-47)52(58-34-41-20-12-5-13-21-41)51(57-33-40-18-10-4-11-19-40)50(56-32-39-16-8-3-9-17-39)48(61-53)35-55-31-38-14-6-2-7-15-38/h2-28,30,48,50-52H,29,31-36H2,1H3/t48-,50-,51+,52-,53+/m1/s1. The van der Waals surface area contributed by atoms with Crippen molar-refractivity contribution in [3.05, 3.63) is 219 Å². The molecule has 0 N–H and O–H groups in total. The van der Waals surface area contributed by atoms with Crippen molar-refractivity contribution in [2.45, 2.75) is 70.0 Å². The zero-order valence-electron chi connectivity index (χ0n) is 34.6. The minimum Gasteiger partial charge on any atom is -0.467 e. The highest BCUT2D eigenvalue weighted by Crippen LogP contribution is 2.50. The second kappa shape index (κ2) is 19.7. The Morgan fingerprint density at radius 3 is 1.81 bits per heavy atom. The SMILES string of the molecule is Cc1cc2c(cc1Cc1ccc(-c3ccc(F)cc3)s1)[C@]1(OCO2)O[C@H](COCc2ccccc2)[C@@H](OCc2ccccc2)[C@H](OCc2ccccc2)[C@H]1OCc1ccccc1. The Morgan fingerprint density at radius 1 is 0.629 bits per heavy atom. The summed E-state index contributed by atoms with van der Waals surface area (Å²) in [6, 6.07) is 55.5. The number of hydrogen-bond acceptors (Lipinski definition) is 8. The second-order valence-corrected chi connectivity index (χ2v) is 16.9. The van der Waals surface area contributed by atoms with Crippen LogP contribution in [0, 0.1) is 12.7 Å². The van der Waals surface area contributed by atoms with Crippen LogP contribution in [0.15, 0.2) is 170 Å². The van der Waals surface area contributed by atoms with Crippen molar-refractivity contribution >= 4 is 11.3 Å². The van der Waals surface area contributed by atoms with Gasteiger partial charge < -0.3 is 33.2 Å². The number of rotatable bonds is 16. The van der Waals surface area contributed by atoms with Crippen molar-refractivity contribution in [1.29, 1.82) is 0 Å². The summed E-state index contributed by atoms with van der Waals surface area (Å²) in [5.41, 5.74) is 7.90. The van der Waals surface area contributed by atoms with Crippen LogP contribution in [0.4, 0.5) is 4.39 Å². The molecule has 1 fully saturated rings. The summed E-state index contributed by atoms with van der Waals surface area (Å²) in [6.07, 6.45) is -2.18. The fourth-order valence-corrected chi connectivity index (χ4v) is 9.20. The monoisotopic (exact) mass is 848 g/mol. The molecular formula is C53H49FO7S. The number of benzene rings is 6. The number of ether oxygens (including phenoxy) is 7. The minimum atomic E-state index is -1.49. The first-order valence-electron chi connectivity index (χ1n) is 21.0. The molecule has 7 nitrogen and oxygen atoms in total. The minimum absolute atomic E-state index is 0.0680. The maximum atomic E-state index is 13.8. The zero-order chi connectivity index (χ0) is 42.1. The zero-order valence-corrected chi connectivity index (χ0v) is 35.4. The molecule has 0 radical (unpaired) electrons.